The maximum Gasteiger partial charge on any atom is 0.416 e. The highest BCUT2D eigenvalue weighted by Crippen LogP contribution is 2.31. The van der Waals surface area contributed by atoms with Crippen LogP contribution in [-0.2, 0) is 12.7 Å². The van der Waals surface area contributed by atoms with Crippen LogP contribution in [0.1, 0.15) is 11.1 Å². The summed E-state index contributed by atoms with van der Waals surface area (Å²) in [5, 5.41) is 6.13. The first-order valence-corrected chi connectivity index (χ1v) is 7.48. The molecule has 2 aromatic rings. The molecule has 0 amide bonds. The van der Waals surface area contributed by atoms with E-state index >= 15 is 0 Å². The Balaban J connectivity index is 1.98. The fourth-order valence-corrected chi connectivity index (χ4v) is 2.19. The molecule has 24 heavy (non-hydrogen) atoms. The standard InChI is InChI=1S/C15H13ClF3N3OS/c1-23-13-5-3-11(8-20-13)22-14(24)21-7-9-6-10(15(17,18)19)2-4-12(9)16/h2-6,8H,7H2,1H3,(H2,21,22,24). The molecule has 0 atom stereocenters. The molecule has 4 nitrogen and oxygen atoms in total. The highest BCUT2D eigenvalue weighted by atomic mass is 35.5. The number of nitrogens with one attached hydrogen (secondary N) is 2. The summed E-state index contributed by atoms with van der Waals surface area (Å²) in [7, 11) is 1.50. The zero-order valence-corrected chi connectivity index (χ0v) is 14.0. The maximum atomic E-state index is 12.7. The van der Waals surface area contributed by atoms with E-state index in [0.717, 1.165) is 12.1 Å². The molecule has 0 aliphatic heterocycles. The zero-order valence-electron chi connectivity index (χ0n) is 12.4. The Kier molecular flexibility index (Phi) is 5.84. The molecule has 2 rings (SSSR count). The second kappa shape index (κ2) is 7.67. The number of aromatic nitrogens is 1. The van der Waals surface area contributed by atoms with Crippen LogP contribution in [0.4, 0.5) is 18.9 Å². The maximum absolute atomic E-state index is 12.7. The molecule has 128 valence electrons. The number of ether oxygens (including phenoxy) is 1. The molecule has 0 bridgehead atoms. The lowest BCUT2D eigenvalue weighted by Crippen LogP contribution is -2.28. The van der Waals surface area contributed by atoms with Crippen LogP contribution < -0.4 is 15.4 Å². The third-order valence-corrected chi connectivity index (χ3v) is 3.63. The molecule has 1 heterocycles. The Bertz CT molecular complexity index is 723. The van der Waals surface area contributed by atoms with Crippen molar-refractivity contribution >= 4 is 34.6 Å². The van der Waals surface area contributed by atoms with Crippen LogP contribution in [0.25, 0.3) is 0 Å². The average Bonchev–Trinajstić information content (AvgIpc) is 2.53. The molecular formula is C15H13ClF3N3OS. The van der Waals surface area contributed by atoms with Crippen molar-refractivity contribution in [2.45, 2.75) is 12.7 Å². The van der Waals surface area contributed by atoms with Gasteiger partial charge in [-0.05, 0) is 42.0 Å². The van der Waals surface area contributed by atoms with Crippen molar-refractivity contribution in [2.24, 2.45) is 0 Å². The molecule has 0 spiro atoms. The molecule has 0 aliphatic carbocycles. The summed E-state index contributed by atoms with van der Waals surface area (Å²) in [6.07, 6.45) is -2.91. The van der Waals surface area contributed by atoms with E-state index in [1.54, 1.807) is 12.1 Å². The summed E-state index contributed by atoms with van der Waals surface area (Å²) >= 11 is 11.0. The van der Waals surface area contributed by atoms with E-state index in [9.17, 15) is 13.2 Å². The van der Waals surface area contributed by atoms with E-state index in [0.29, 0.717) is 17.1 Å². The number of hydrogen-bond acceptors (Lipinski definition) is 3. The van der Waals surface area contributed by atoms with Crippen molar-refractivity contribution in [3.05, 3.63) is 52.7 Å². The van der Waals surface area contributed by atoms with E-state index in [-0.39, 0.29) is 16.7 Å². The van der Waals surface area contributed by atoms with Crippen molar-refractivity contribution in [3.8, 4) is 5.88 Å². The lowest BCUT2D eigenvalue weighted by Gasteiger charge is -2.13. The van der Waals surface area contributed by atoms with Crippen LogP contribution in [-0.4, -0.2) is 17.2 Å². The van der Waals surface area contributed by atoms with Gasteiger partial charge >= 0.3 is 6.18 Å². The minimum Gasteiger partial charge on any atom is -0.481 e. The van der Waals surface area contributed by atoms with Gasteiger partial charge in [0, 0.05) is 17.6 Å². The monoisotopic (exact) mass is 375 g/mol. The lowest BCUT2D eigenvalue weighted by atomic mass is 10.1. The molecule has 2 N–H and O–H groups in total. The Morgan fingerprint density at radius 1 is 1.29 bits per heavy atom. The van der Waals surface area contributed by atoms with Crippen molar-refractivity contribution < 1.29 is 17.9 Å². The summed E-state index contributed by atoms with van der Waals surface area (Å²) in [4.78, 5) is 4.00. The second-order valence-corrected chi connectivity index (χ2v) is 5.52. The predicted molar refractivity (Wildman–Crippen MR) is 90.3 cm³/mol. The summed E-state index contributed by atoms with van der Waals surface area (Å²) in [6.45, 7) is 0.0537. The molecular weight excluding hydrogens is 363 g/mol. The molecule has 1 aromatic carbocycles. The normalized spacial score (nSPS) is 11.0. The molecule has 0 saturated carbocycles. The predicted octanol–water partition coefficient (Wildman–Crippen LogP) is 4.25. The highest BCUT2D eigenvalue weighted by Gasteiger charge is 2.30. The fraction of sp³-hybridized carbons (Fsp3) is 0.200. The van der Waals surface area contributed by atoms with Gasteiger partial charge < -0.3 is 15.4 Å². The largest absolute Gasteiger partial charge is 0.481 e. The van der Waals surface area contributed by atoms with Crippen LogP contribution in [0.5, 0.6) is 5.88 Å². The Morgan fingerprint density at radius 2 is 2.04 bits per heavy atom. The van der Waals surface area contributed by atoms with Crippen LogP contribution in [0, 0.1) is 0 Å². The number of benzene rings is 1. The molecule has 1 aromatic heterocycles. The van der Waals surface area contributed by atoms with Gasteiger partial charge in [0.15, 0.2) is 5.11 Å². The third kappa shape index (κ3) is 4.97. The first-order valence-electron chi connectivity index (χ1n) is 6.70. The van der Waals surface area contributed by atoms with Gasteiger partial charge in [0.05, 0.1) is 24.6 Å². The highest BCUT2D eigenvalue weighted by molar-refractivity contribution is 7.80. The van der Waals surface area contributed by atoms with E-state index in [1.807, 2.05) is 0 Å². The van der Waals surface area contributed by atoms with Crippen LogP contribution >= 0.6 is 23.8 Å². The number of alkyl halides is 3. The number of pyridine rings is 1. The van der Waals surface area contributed by atoms with Crippen LogP contribution in [0.2, 0.25) is 5.02 Å². The first-order chi connectivity index (χ1) is 11.3. The summed E-state index contributed by atoms with van der Waals surface area (Å²) in [5.74, 6) is 0.454. The zero-order chi connectivity index (χ0) is 17.7. The van der Waals surface area contributed by atoms with Gasteiger partial charge in [0.1, 0.15) is 0 Å². The Morgan fingerprint density at radius 3 is 2.62 bits per heavy atom. The molecule has 9 heteroatoms. The van der Waals surface area contributed by atoms with Gasteiger partial charge in [-0.1, -0.05) is 11.6 Å². The number of hydrogen-bond donors (Lipinski definition) is 2. The molecule has 0 saturated heterocycles. The average molecular weight is 376 g/mol. The first kappa shape index (κ1) is 18.3. The summed E-state index contributed by atoms with van der Waals surface area (Å²) in [5.41, 5.74) is 0.147. The van der Waals surface area contributed by atoms with Crippen molar-refractivity contribution in [1.29, 1.82) is 0 Å². The number of anilines is 1. The van der Waals surface area contributed by atoms with Crippen molar-refractivity contribution in [1.82, 2.24) is 10.3 Å². The van der Waals surface area contributed by atoms with Crippen LogP contribution in [0.3, 0.4) is 0 Å². The fourth-order valence-electron chi connectivity index (χ4n) is 1.81. The molecule has 0 radical (unpaired) electrons. The van der Waals surface area contributed by atoms with Gasteiger partial charge in [0.2, 0.25) is 5.88 Å². The van der Waals surface area contributed by atoms with Gasteiger partial charge in [-0.15, -0.1) is 0 Å². The number of nitrogens with zero attached hydrogens (tertiary/aromatic N) is 1. The van der Waals surface area contributed by atoms with E-state index in [2.05, 4.69) is 15.6 Å². The smallest absolute Gasteiger partial charge is 0.416 e. The van der Waals surface area contributed by atoms with Gasteiger partial charge in [-0.25, -0.2) is 4.98 Å². The van der Waals surface area contributed by atoms with Crippen molar-refractivity contribution in [2.75, 3.05) is 12.4 Å². The Labute approximate surface area is 147 Å². The topological polar surface area (TPSA) is 46.2 Å². The number of halogens is 4. The van der Waals surface area contributed by atoms with E-state index in [4.69, 9.17) is 28.6 Å². The van der Waals surface area contributed by atoms with E-state index in [1.165, 1.54) is 19.4 Å². The number of methoxy groups -OCH3 is 1. The number of thiocarbonyl (C=S) groups is 1. The summed E-state index contributed by atoms with van der Waals surface area (Å²) < 4.78 is 43.1. The van der Waals surface area contributed by atoms with Gasteiger partial charge in [-0.3, -0.25) is 0 Å². The second-order valence-electron chi connectivity index (χ2n) is 4.70. The molecule has 0 fully saturated rings. The summed E-state index contributed by atoms with van der Waals surface area (Å²) in [6, 6.07) is 6.50. The van der Waals surface area contributed by atoms with Crippen molar-refractivity contribution in [3.63, 3.8) is 0 Å². The molecule has 0 unspecified atom stereocenters. The van der Waals surface area contributed by atoms with Gasteiger partial charge in [0.25, 0.3) is 0 Å². The van der Waals surface area contributed by atoms with E-state index < -0.39 is 11.7 Å². The lowest BCUT2D eigenvalue weighted by molar-refractivity contribution is -0.137. The minimum atomic E-state index is -4.42. The van der Waals surface area contributed by atoms with Crippen LogP contribution in [0.15, 0.2) is 36.5 Å². The third-order valence-electron chi connectivity index (χ3n) is 3.02. The Hall–Kier alpha value is -2.06. The quantitative estimate of drug-likeness (QED) is 0.782. The van der Waals surface area contributed by atoms with Gasteiger partial charge in [-0.2, -0.15) is 13.2 Å². The molecule has 0 aliphatic rings. The minimum absolute atomic E-state index is 0.0537. The number of rotatable bonds is 4. The SMILES string of the molecule is COc1ccc(NC(=S)NCc2cc(C(F)(F)F)ccc2Cl)cn1.